The number of halogens is 6. The van der Waals surface area contributed by atoms with E-state index in [4.69, 9.17) is 5.11 Å². The lowest BCUT2D eigenvalue weighted by Gasteiger charge is -2.14. The molecule has 0 aliphatic carbocycles. The van der Waals surface area contributed by atoms with Gasteiger partial charge in [0.05, 0.1) is 12.0 Å². The summed E-state index contributed by atoms with van der Waals surface area (Å²) in [6, 6.07) is 0.255. The van der Waals surface area contributed by atoms with E-state index >= 15 is 0 Å². The summed E-state index contributed by atoms with van der Waals surface area (Å²) in [5.74, 6) is -3.32. The predicted octanol–water partition coefficient (Wildman–Crippen LogP) is 2.80. The number of nitrogens with zero attached hydrogens (tertiary/aromatic N) is 1. The van der Waals surface area contributed by atoms with Gasteiger partial charge in [-0.1, -0.05) is 0 Å². The lowest BCUT2D eigenvalue weighted by molar-refractivity contribution is -0.144. The standard InChI is InChI=1S/C9H5F6NO2/c10-4-1-3(2-5(17)18)6(8(11)12)7(16-4)9(13,14)15/h1,8H,2H2,(H,17,18). The first-order chi connectivity index (χ1) is 8.12. The molecule has 0 spiro atoms. The van der Waals surface area contributed by atoms with Crippen LogP contribution in [0, 0.1) is 5.95 Å². The molecule has 100 valence electrons. The maximum Gasteiger partial charge on any atom is 0.433 e. The van der Waals surface area contributed by atoms with Crippen molar-refractivity contribution in [2.24, 2.45) is 0 Å². The van der Waals surface area contributed by atoms with E-state index in [-0.39, 0.29) is 6.07 Å². The molecule has 0 atom stereocenters. The molecule has 1 aromatic rings. The van der Waals surface area contributed by atoms with Gasteiger partial charge in [-0.3, -0.25) is 4.79 Å². The van der Waals surface area contributed by atoms with Crippen LogP contribution in [0.1, 0.15) is 23.2 Å². The van der Waals surface area contributed by atoms with Crippen molar-refractivity contribution in [1.29, 1.82) is 0 Å². The van der Waals surface area contributed by atoms with Crippen LogP contribution >= 0.6 is 0 Å². The molecule has 1 N–H and O–H groups in total. The minimum atomic E-state index is -5.29. The molecule has 1 rings (SSSR count). The topological polar surface area (TPSA) is 50.2 Å². The molecule has 1 heterocycles. The van der Waals surface area contributed by atoms with E-state index in [0.717, 1.165) is 0 Å². The molecule has 0 amide bonds. The number of pyridine rings is 1. The van der Waals surface area contributed by atoms with Crippen molar-refractivity contribution in [3.8, 4) is 0 Å². The Morgan fingerprint density at radius 2 is 1.94 bits per heavy atom. The van der Waals surface area contributed by atoms with Crippen molar-refractivity contribution >= 4 is 5.97 Å². The maximum atomic E-state index is 12.8. The molecule has 0 fully saturated rings. The minimum Gasteiger partial charge on any atom is -0.481 e. The zero-order valence-corrected chi connectivity index (χ0v) is 8.43. The minimum absolute atomic E-state index is 0.255. The van der Waals surface area contributed by atoms with Crippen molar-refractivity contribution in [3.05, 3.63) is 28.8 Å². The van der Waals surface area contributed by atoms with Gasteiger partial charge in [0.25, 0.3) is 6.43 Å². The molecular weight excluding hydrogens is 268 g/mol. The highest BCUT2D eigenvalue weighted by Crippen LogP contribution is 2.37. The van der Waals surface area contributed by atoms with Gasteiger partial charge in [-0.2, -0.15) is 17.6 Å². The lowest BCUT2D eigenvalue weighted by atomic mass is 10.0. The second-order valence-corrected chi connectivity index (χ2v) is 3.24. The normalized spacial score (nSPS) is 11.9. The van der Waals surface area contributed by atoms with Gasteiger partial charge in [-0.05, 0) is 11.6 Å². The Bertz CT molecular complexity index is 471. The van der Waals surface area contributed by atoms with Crippen LogP contribution in [0.4, 0.5) is 26.3 Å². The van der Waals surface area contributed by atoms with Crippen LogP contribution in [0.2, 0.25) is 0 Å². The Labute approximate surface area is 96.1 Å². The monoisotopic (exact) mass is 273 g/mol. The van der Waals surface area contributed by atoms with E-state index < -0.39 is 47.8 Å². The summed E-state index contributed by atoms with van der Waals surface area (Å²) >= 11 is 0. The molecule has 0 aliphatic rings. The smallest absolute Gasteiger partial charge is 0.433 e. The first-order valence-electron chi connectivity index (χ1n) is 4.39. The number of aromatic nitrogens is 1. The van der Waals surface area contributed by atoms with E-state index in [9.17, 15) is 31.1 Å². The van der Waals surface area contributed by atoms with Crippen LogP contribution in [0.3, 0.4) is 0 Å². The lowest BCUT2D eigenvalue weighted by Crippen LogP contribution is -2.17. The summed E-state index contributed by atoms with van der Waals surface area (Å²) in [5, 5.41) is 8.39. The number of carboxylic acid groups (broad SMARTS) is 1. The SMILES string of the molecule is O=C(O)Cc1cc(F)nc(C(F)(F)F)c1C(F)F. The van der Waals surface area contributed by atoms with Crippen LogP contribution in [0.25, 0.3) is 0 Å². The van der Waals surface area contributed by atoms with Crippen LogP contribution in [-0.2, 0) is 17.4 Å². The zero-order valence-electron chi connectivity index (χ0n) is 8.43. The van der Waals surface area contributed by atoms with E-state index in [2.05, 4.69) is 4.98 Å². The Morgan fingerprint density at radius 1 is 1.39 bits per heavy atom. The van der Waals surface area contributed by atoms with Crippen LogP contribution in [0.5, 0.6) is 0 Å². The summed E-state index contributed by atoms with van der Waals surface area (Å²) in [7, 11) is 0. The molecule has 0 saturated carbocycles. The molecule has 0 unspecified atom stereocenters. The Hall–Kier alpha value is -1.80. The molecule has 18 heavy (non-hydrogen) atoms. The molecule has 0 aliphatic heterocycles. The zero-order chi connectivity index (χ0) is 14.1. The van der Waals surface area contributed by atoms with Gasteiger partial charge >= 0.3 is 12.1 Å². The molecule has 0 aromatic carbocycles. The highest BCUT2D eigenvalue weighted by atomic mass is 19.4. The molecule has 9 heteroatoms. The summed E-state index contributed by atoms with van der Waals surface area (Å²) in [5.41, 5.74) is -4.66. The third-order valence-electron chi connectivity index (χ3n) is 1.94. The fourth-order valence-electron chi connectivity index (χ4n) is 1.34. The van der Waals surface area contributed by atoms with Crippen LogP contribution in [0.15, 0.2) is 6.07 Å². The van der Waals surface area contributed by atoms with Gasteiger partial charge in [0.1, 0.15) is 0 Å². The summed E-state index contributed by atoms with van der Waals surface area (Å²) in [4.78, 5) is 12.7. The van der Waals surface area contributed by atoms with Crippen molar-refractivity contribution in [2.45, 2.75) is 19.0 Å². The molecule has 1 aromatic heterocycles. The average Bonchev–Trinajstić information content (AvgIpc) is 2.13. The van der Waals surface area contributed by atoms with Gasteiger partial charge in [0, 0.05) is 0 Å². The van der Waals surface area contributed by atoms with E-state index in [1.165, 1.54) is 0 Å². The maximum absolute atomic E-state index is 12.8. The number of rotatable bonds is 3. The van der Waals surface area contributed by atoms with Crippen LogP contribution < -0.4 is 0 Å². The number of aliphatic carboxylic acids is 1. The third-order valence-corrected chi connectivity index (χ3v) is 1.94. The Balaban J connectivity index is 3.51. The van der Waals surface area contributed by atoms with Gasteiger partial charge in [-0.15, -0.1) is 0 Å². The number of hydrogen-bond acceptors (Lipinski definition) is 2. The van der Waals surface area contributed by atoms with Gasteiger partial charge in [0.15, 0.2) is 5.69 Å². The van der Waals surface area contributed by atoms with E-state index in [0.29, 0.717) is 0 Å². The Morgan fingerprint density at radius 3 is 2.33 bits per heavy atom. The number of carboxylic acids is 1. The summed E-state index contributed by atoms with van der Waals surface area (Å²) < 4.78 is 75.1. The summed E-state index contributed by atoms with van der Waals surface area (Å²) in [6.07, 6.45) is -10.0. The van der Waals surface area contributed by atoms with Crippen LogP contribution in [-0.4, -0.2) is 16.1 Å². The van der Waals surface area contributed by atoms with Gasteiger partial charge in [-0.25, -0.2) is 13.8 Å². The quantitative estimate of drug-likeness (QED) is 0.680. The average molecular weight is 273 g/mol. The number of carbonyl (C=O) groups is 1. The van der Waals surface area contributed by atoms with Crippen molar-refractivity contribution in [1.82, 2.24) is 4.98 Å². The summed E-state index contributed by atoms with van der Waals surface area (Å²) in [6.45, 7) is 0. The van der Waals surface area contributed by atoms with Crippen molar-refractivity contribution < 1.29 is 36.2 Å². The third kappa shape index (κ3) is 3.11. The fraction of sp³-hybridized carbons (Fsp3) is 0.333. The van der Waals surface area contributed by atoms with Crippen molar-refractivity contribution in [2.75, 3.05) is 0 Å². The molecule has 0 radical (unpaired) electrons. The molecule has 0 saturated heterocycles. The van der Waals surface area contributed by atoms with E-state index in [1.54, 1.807) is 0 Å². The fourth-order valence-corrected chi connectivity index (χ4v) is 1.34. The highest BCUT2D eigenvalue weighted by molar-refractivity contribution is 5.71. The first-order valence-corrected chi connectivity index (χ1v) is 4.39. The molecule has 0 bridgehead atoms. The number of alkyl halides is 5. The number of hydrogen-bond donors (Lipinski definition) is 1. The second-order valence-electron chi connectivity index (χ2n) is 3.24. The van der Waals surface area contributed by atoms with Gasteiger partial charge < -0.3 is 5.11 Å². The molecular formula is C9H5F6NO2. The second kappa shape index (κ2) is 4.83. The van der Waals surface area contributed by atoms with Gasteiger partial charge in [0.2, 0.25) is 5.95 Å². The highest BCUT2D eigenvalue weighted by Gasteiger charge is 2.39. The van der Waals surface area contributed by atoms with E-state index in [1.807, 2.05) is 0 Å². The predicted molar refractivity (Wildman–Crippen MR) is 45.5 cm³/mol. The first kappa shape index (κ1) is 14.3. The Kier molecular flexibility index (Phi) is 3.82. The largest absolute Gasteiger partial charge is 0.481 e. The molecule has 3 nitrogen and oxygen atoms in total. The van der Waals surface area contributed by atoms with Crippen molar-refractivity contribution in [3.63, 3.8) is 0 Å².